The molecular weight excluding hydrogens is 272 g/mol. The zero-order valence-electron chi connectivity index (χ0n) is 13.5. The van der Waals surface area contributed by atoms with E-state index in [1.807, 2.05) is 6.08 Å². The molecule has 0 spiro atoms. The standard InChI is InChI=1S/C20H26O2/c1-3-20(22)11-9-18-17-6-4-13-12-14(21)5-7-15(13)16(17)8-10-19(18,20)2/h1,12,15-18,22H,4-11H2,2H3/t15-,16+,17-,18-,19-,20-/m0/s1. The summed E-state index contributed by atoms with van der Waals surface area (Å²) in [5, 5.41) is 10.9. The molecule has 3 saturated carbocycles. The first-order chi connectivity index (χ1) is 10.5. The monoisotopic (exact) mass is 298 g/mol. The van der Waals surface area contributed by atoms with E-state index in [-0.39, 0.29) is 5.41 Å². The zero-order chi connectivity index (χ0) is 15.5. The fourth-order valence-electron chi connectivity index (χ4n) is 6.43. The maximum absolute atomic E-state index is 11.7. The van der Waals surface area contributed by atoms with Gasteiger partial charge in [0, 0.05) is 11.8 Å². The number of terminal acetylenes is 1. The first-order valence-electron chi connectivity index (χ1n) is 8.92. The van der Waals surface area contributed by atoms with Crippen molar-refractivity contribution in [2.45, 2.75) is 63.9 Å². The van der Waals surface area contributed by atoms with Crippen LogP contribution < -0.4 is 0 Å². The highest BCUT2D eigenvalue weighted by molar-refractivity contribution is 5.91. The molecule has 4 aliphatic carbocycles. The van der Waals surface area contributed by atoms with E-state index >= 15 is 0 Å². The largest absolute Gasteiger partial charge is 0.377 e. The van der Waals surface area contributed by atoms with Gasteiger partial charge in [-0.2, -0.15) is 0 Å². The number of carbonyl (C=O) groups excluding carboxylic acids is 1. The van der Waals surface area contributed by atoms with E-state index in [0.717, 1.165) is 44.9 Å². The summed E-state index contributed by atoms with van der Waals surface area (Å²) in [4.78, 5) is 11.7. The van der Waals surface area contributed by atoms with Gasteiger partial charge in [-0.05, 0) is 74.7 Å². The molecule has 0 aromatic carbocycles. The first kappa shape index (κ1) is 14.5. The number of rotatable bonds is 0. The van der Waals surface area contributed by atoms with E-state index in [4.69, 9.17) is 6.42 Å². The second-order valence-corrected chi connectivity index (χ2v) is 8.30. The van der Waals surface area contributed by atoms with Gasteiger partial charge in [-0.25, -0.2) is 0 Å². The van der Waals surface area contributed by atoms with Crippen LogP contribution >= 0.6 is 0 Å². The van der Waals surface area contributed by atoms with Crippen molar-refractivity contribution in [3.8, 4) is 12.3 Å². The van der Waals surface area contributed by atoms with Crippen molar-refractivity contribution in [1.29, 1.82) is 0 Å². The smallest absolute Gasteiger partial charge is 0.155 e. The Kier molecular flexibility index (Phi) is 3.11. The number of carbonyl (C=O) groups is 1. The molecular formula is C20H26O2. The Balaban J connectivity index is 1.65. The average molecular weight is 298 g/mol. The molecule has 4 aliphatic rings. The number of allylic oxidation sites excluding steroid dienone is 1. The van der Waals surface area contributed by atoms with Crippen LogP contribution in [0.2, 0.25) is 0 Å². The second-order valence-electron chi connectivity index (χ2n) is 8.30. The lowest BCUT2D eigenvalue weighted by molar-refractivity contribution is -0.116. The molecule has 0 saturated heterocycles. The summed E-state index contributed by atoms with van der Waals surface area (Å²) in [7, 11) is 0. The third-order valence-corrected chi connectivity index (χ3v) is 7.69. The highest BCUT2D eigenvalue weighted by Gasteiger charge is 2.61. The summed E-state index contributed by atoms with van der Waals surface area (Å²) in [6.07, 6.45) is 15.7. The molecule has 3 fully saturated rings. The lowest BCUT2D eigenvalue weighted by Crippen LogP contribution is -2.52. The Morgan fingerprint density at radius 3 is 2.77 bits per heavy atom. The quantitative estimate of drug-likeness (QED) is 0.695. The molecule has 0 amide bonds. The summed E-state index contributed by atoms with van der Waals surface area (Å²) >= 11 is 0. The summed E-state index contributed by atoms with van der Waals surface area (Å²) in [5.74, 6) is 5.66. The first-order valence-corrected chi connectivity index (χ1v) is 8.92. The molecule has 0 heterocycles. The fraction of sp³-hybridized carbons (Fsp3) is 0.750. The van der Waals surface area contributed by atoms with Crippen LogP contribution in [-0.2, 0) is 4.79 Å². The molecule has 118 valence electrons. The van der Waals surface area contributed by atoms with E-state index < -0.39 is 5.60 Å². The molecule has 2 heteroatoms. The molecule has 0 bridgehead atoms. The van der Waals surface area contributed by atoms with Gasteiger partial charge in [-0.3, -0.25) is 4.79 Å². The van der Waals surface area contributed by atoms with E-state index in [1.165, 1.54) is 12.0 Å². The SMILES string of the molecule is C#C[C@]1(O)CC[C@H]2[C@H]3CCC4=CC(=O)CC[C@@H]4[C@H]3CC[C@@]21C. The van der Waals surface area contributed by atoms with Crippen LogP contribution in [-0.4, -0.2) is 16.5 Å². The van der Waals surface area contributed by atoms with E-state index in [0.29, 0.717) is 29.5 Å². The molecule has 6 atom stereocenters. The van der Waals surface area contributed by atoms with Crippen LogP contribution in [0, 0.1) is 41.4 Å². The van der Waals surface area contributed by atoms with Gasteiger partial charge in [0.05, 0.1) is 0 Å². The number of aliphatic hydroxyl groups is 1. The van der Waals surface area contributed by atoms with Crippen LogP contribution in [0.25, 0.3) is 0 Å². The molecule has 1 N–H and O–H groups in total. The predicted molar refractivity (Wildman–Crippen MR) is 85.9 cm³/mol. The zero-order valence-corrected chi connectivity index (χ0v) is 13.5. The minimum atomic E-state index is -0.902. The van der Waals surface area contributed by atoms with Gasteiger partial charge < -0.3 is 5.11 Å². The lowest BCUT2D eigenvalue weighted by atomic mass is 9.50. The van der Waals surface area contributed by atoms with E-state index in [1.54, 1.807) is 0 Å². The van der Waals surface area contributed by atoms with Crippen LogP contribution in [0.4, 0.5) is 0 Å². The molecule has 0 aromatic heterocycles. The summed E-state index contributed by atoms with van der Waals surface area (Å²) < 4.78 is 0. The Labute approximate surface area is 133 Å². The summed E-state index contributed by atoms with van der Waals surface area (Å²) in [5.41, 5.74) is 0.418. The van der Waals surface area contributed by atoms with Crippen molar-refractivity contribution < 1.29 is 9.90 Å². The van der Waals surface area contributed by atoms with Crippen LogP contribution in [0.1, 0.15) is 58.3 Å². The maximum atomic E-state index is 11.7. The molecule has 0 unspecified atom stereocenters. The van der Waals surface area contributed by atoms with Crippen LogP contribution in [0.3, 0.4) is 0 Å². The highest BCUT2D eigenvalue weighted by Crippen LogP contribution is 2.64. The fourth-order valence-corrected chi connectivity index (χ4v) is 6.43. The normalized spacial score (nSPS) is 50.4. The van der Waals surface area contributed by atoms with Gasteiger partial charge in [-0.1, -0.05) is 18.4 Å². The average Bonchev–Trinajstić information content (AvgIpc) is 2.79. The lowest BCUT2D eigenvalue weighted by Gasteiger charge is -2.54. The van der Waals surface area contributed by atoms with E-state index in [9.17, 15) is 9.90 Å². The van der Waals surface area contributed by atoms with Gasteiger partial charge in [0.25, 0.3) is 0 Å². The molecule has 22 heavy (non-hydrogen) atoms. The highest BCUT2D eigenvalue weighted by atomic mass is 16.3. The number of fused-ring (bicyclic) bond motifs is 5. The number of hydrogen-bond acceptors (Lipinski definition) is 2. The Hall–Kier alpha value is -1.07. The third kappa shape index (κ3) is 1.75. The van der Waals surface area contributed by atoms with Gasteiger partial charge in [0.2, 0.25) is 0 Å². The van der Waals surface area contributed by atoms with Gasteiger partial charge >= 0.3 is 0 Å². The molecule has 4 rings (SSSR count). The Morgan fingerprint density at radius 2 is 2.00 bits per heavy atom. The Bertz CT molecular complexity index is 583. The van der Waals surface area contributed by atoms with Crippen molar-refractivity contribution in [3.63, 3.8) is 0 Å². The van der Waals surface area contributed by atoms with Crippen molar-refractivity contribution in [2.75, 3.05) is 0 Å². The number of hydrogen-bond donors (Lipinski definition) is 1. The third-order valence-electron chi connectivity index (χ3n) is 7.69. The predicted octanol–water partition coefficient (Wildman–Crippen LogP) is 3.49. The van der Waals surface area contributed by atoms with Gasteiger partial charge in [-0.15, -0.1) is 6.42 Å². The molecule has 0 aromatic rings. The summed E-state index contributed by atoms with van der Waals surface area (Å²) in [6.45, 7) is 2.23. The van der Waals surface area contributed by atoms with Crippen LogP contribution in [0.15, 0.2) is 11.6 Å². The minimum Gasteiger partial charge on any atom is -0.377 e. The van der Waals surface area contributed by atoms with Crippen molar-refractivity contribution >= 4 is 5.78 Å². The molecule has 0 aliphatic heterocycles. The van der Waals surface area contributed by atoms with E-state index in [2.05, 4.69) is 12.8 Å². The number of ketones is 1. The molecule has 0 radical (unpaired) electrons. The molecule has 2 nitrogen and oxygen atoms in total. The second kappa shape index (κ2) is 4.71. The van der Waals surface area contributed by atoms with Crippen molar-refractivity contribution in [3.05, 3.63) is 11.6 Å². The minimum absolute atomic E-state index is 0.103. The topological polar surface area (TPSA) is 37.3 Å². The van der Waals surface area contributed by atoms with Gasteiger partial charge in [0.1, 0.15) is 5.60 Å². The van der Waals surface area contributed by atoms with Crippen molar-refractivity contribution in [1.82, 2.24) is 0 Å². The summed E-state index contributed by atoms with van der Waals surface area (Å²) in [6, 6.07) is 0. The Morgan fingerprint density at radius 1 is 1.18 bits per heavy atom. The van der Waals surface area contributed by atoms with Crippen molar-refractivity contribution in [2.24, 2.45) is 29.1 Å². The van der Waals surface area contributed by atoms with Gasteiger partial charge in [0.15, 0.2) is 5.78 Å². The maximum Gasteiger partial charge on any atom is 0.155 e. The van der Waals surface area contributed by atoms with Crippen LogP contribution in [0.5, 0.6) is 0 Å².